The Morgan fingerprint density at radius 2 is 2.08 bits per heavy atom. The lowest BCUT2D eigenvalue weighted by atomic mass is 10.3. The van der Waals surface area contributed by atoms with E-state index >= 15 is 0 Å². The second-order valence-electron chi connectivity index (χ2n) is 2.32. The molecule has 0 aliphatic heterocycles. The number of nitrogens with one attached hydrogen (secondary N) is 1. The van der Waals surface area contributed by atoms with Crippen molar-refractivity contribution >= 4 is 15.7 Å². The Kier molecular flexibility index (Phi) is 2.35. The molecule has 0 aliphatic rings. The fourth-order valence-electron chi connectivity index (χ4n) is 0.829. The van der Waals surface area contributed by atoms with Crippen LogP contribution in [0, 0.1) is 0 Å². The fraction of sp³-hybridized carbons (Fsp3) is 0.143. The number of hydrogen-bond donors (Lipinski definition) is 2. The Bertz CT molecular complexity index is 373. The van der Waals surface area contributed by atoms with Gasteiger partial charge in [-0.2, -0.15) is 0 Å². The van der Waals surface area contributed by atoms with Crippen molar-refractivity contribution in [3.8, 4) is 0 Å². The van der Waals surface area contributed by atoms with E-state index in [1.807, 2.05) is 0 Å². The van der Waals surface area contributed by atoms with Gasteiger partial charge in [-0.05, 0) is 18.2 Å². The molecule has 4 nitrogen and oxygen atoms in total. The van der Waals surface area contributed by atoms with Crippen molar-refractivity contribution < 1.29 is 8.42 Å². The molecule has 0 aromatic heterocycles. The van der Waals surface area contributed by atoms with Crippen LogP contribution in [0.3, 0.4) is 0 Å². The predicted octanol–water partition coefficient (Wildman–Crippen LogP) is 0.376. The smallest absolute Gasteiger partial charge is 0.238 e. The van der Waals surface area contributed by atoms with Crippen LogP contribution in [0.15, 0.2) is 29.2 Å². The van der Waals surface area contributed by atoms with Crippen LogP contribution in [0.4, 0.5) is 5.69 Å². The number of benzene rings is 1. The van der Waals surface area contributed by atoms with Crippen LogP contribution in [-0.4, -0.2) is 15.5 Å². The Labute approximate surface area is 71.4 Å². The lowest BCUT2D eigenvalue weighted by molar-refractivity contribution is 0.598. The van der Waals surface area contributed by atoms with Gasteiger partial charge in [-0.25, -0.2) is 13.6 Å². The standard InChI is InChI=1S/C7H10N2O2S/c1-9-6-3-2-4-7(5-6)12(8,10)11/h2-5,9H,1H3,(H2,8,10,11). The maximum atomic E-state index is 10.9. The van der Waals surface area contributed by atoms with Gasteiger partial charge in [0.05, 0.1) is 4.90 Å². The summed E-state index contributed by atoms with van der Waals surface area (Å²) >= 11 is 0. The van der Waals surface area contributed by atoms with Crippen molar-refractivity contribution in [3.63, 3.8) is 0 Å². The van der Waals surface area contributed by atoms with E-state index < -0.39 is 10.0 Å². The molecule has 0 aliphatic carbocycles. The number of anilines is 1. The van der Waals surface area contributed by atoms with Crippen molar-refractivity contribution in [1.29, 1.82) is 0 Å². The van der Waals surface area contributed by atoms with E-state index in [0.29, 0.717) is 0 Å². The van der Waals surface area contributed by atoms with Gasteiger partial charge in [0.1, 0.15) is 0 Å². The van der Waals surface area contributed by atoms with E-state index in [0.717, 1.165) is 5.69 Å². The van der Waals surface area contributed by atoms with Gasteiger partial charge in [-0.1, -0.05) is 6.07 Å². The van der Waals surface area contributed by atoms with Crippen LogP contribution in [-0.2, 0) is 10.0 Å². The number of sulfonamides is 1. The highest BCUT2D eigenvalue weighted by molar-refractivity contribution is 7.89. The molecule has 0 amide bonds. The molecule has 0 saturated carbocycles. The topological polar surface area (TPSA) is 72.2 Å². The van der Waals surface area contributed by atoms with E-state index in [2.05, 4.69) is 5.32 Å². The van der Waals surface area contributed by atoms with Gasteiger partial charge in [0, 0.05) is 12.7 Å². The third-order valence-electron chi connectivity index (χ3n) is 1.45. The molecule has 0 spiro atoms. The zero-order chi connectivity index (χ0) is 9.19. The van der Waals surface area contributed by atoms with Gasteiger partial charge in [0.25, 0.3) is 0 Å². The highest BCUT2D eigenvalue weighted by Crippen LogP contribution is 2.12. The summed E-state index contributed by atoms with van der Waals surface area (Å²) in [5, 5.41) is 7.74. The molecule has 12 heavy (non-hydrogen) atoms. The Morgan fingerprint density at radius 1 is 1.42 bits per heavy atom. The molecule has 1 rings (SSSR count). The quantitative estimate of drug-likeness (QED) is 0.701. The van der Waals surface area contributed by atoms with Gasteiger partial charge in [0.2, 0.25) is 10.0 Å². The van der Waals surface area contributed by atoms with Crippen LogP contribution in [0.25, 0.3) is 0 Å². The molecule has 3 N–H and O–H groups in total. The van der Waals surface area contributed by atoms with Crippen LogP contribution in [0.5, 0.6) is 0 Å². The normalized spacial score (nSPS) is 11.2. The van der Waals surface area contributed by atoms with Crippen molar-refractivity contribution in [3.05, 3.63) is 24.3 Å². The molecular formula is C7H10N2O2S. The average Bonchev–Trinajstić information content (AvgIpc) is 2.03. The fourth-order valence-corrected chi connectivity index (χ4v) is 1.39. The Balaban J connectivity index is 3.20. The lowest BCUT2D eigenvalue weighted by Crippen LogP contribution is -2.12. The van der Waals surface area contributed by atoms with E-state index in [-0.39, 0.29) is 4.90 Å². The summed E-state index contributed by atoms with van der Waals surface area (Å²) in [5.74, 6) is 0. The first-order chi connectivity index (χ1) is 5.54. The summed E-state index contributed by atoms with van der Waals surface area (Å²) in [6.07, 6.45) is 0. The summed E-state index contributed by atoms with van der Waals surface area (Å²) in [6.45, 7) is 0. The summed E-state index contributed by atoms with van der Waals surface area (Å²) in [7, 11) is -1.86. The van der Waals surface area contributed by atoms with Crippen molar-refractivity contribution in [1.82, 2.24) is 0 Å². The first-order valence-electron chi connectivity index (χ1n) is 3.34. The second kappa shape index (κ2) is 3.12. The molecular weight excluding hydrogens is 176 g/mol. The van der Waals surface area contributed by atoms with Gasteiger partial charge in [-0.15, -0.1) is 0 Å². The molecule has 5 heteroatoms. The zero-order valence-corrected chi connectivity index (χ0v) is 7.43. The minimum Gasteiger partial charge on any atom is -0.388 e. The Hall–Kier alpha value is -1.07. The Morgan fingerprint density at radius 3 is 2.58 bits per heavy atom. The maximum absolute atomic E-state index is 10.9. The van der Waals surface area contributed by atoms with Crippen LogP contribution < -0.4 is 10.5 Å². The maximum Gasteiger partial charge on any atom is 0.238 e. The number of nitrogens with two attached hydrogens (primary N) is 1. The molecule has 0 fully saturated rings. The molecule has 0 bridgehead atoms. The highest BCUT2D eigenvalue weighted by Gasteiger charge is 2.06. The van der Waals surface area contributed by atoms with E-state index in [1.165, 1.54) is 12.1 Å². The molecule has 1 aromatic rings. The second-order valence-corrected chi connectivity index (χ2v) is 3.88. The monoisotopic (exact) mass is 186 g/mol. The van der Waals surface area contributed by atoms with E-state index in [1.54, 1.807) is 19.2 Å². The third-order valence-corrected chi connectivity index (χ3v) is 2.36. The number of primary sulfonamides is 1. The molecule has 66 valence electrons. The average molecular weight is 186 g/mol. The molecule has 0 radical (unpaired) electrons. The first kappa shape index (κ1) is 9.02. The minimum atomic E-state index is -3.58. The molecule has 0 saturated heterocycles. The number of hydrogen-bond acceptors (Lipinski definition) is 3. The van der Waals surface area contributed by atoms with Crippen LogP contribution in [0.2, 0.25) is 0 Å². The zero-order valence-electron chi connectivity index (χ0n) is 6.61. The van der Waals surface area contributed by atoms with Crippen molar-refractivity contribution in [2.45, 2.75) is 4.90 Å². The molecule has 1 aromatic carbocycles. The summed E-state index contributed by atoms with van der Waals surface area (Å²) in [4.78, 5) is 0.120. The minimum absolute atomic E-state index is 0.120. The summed E-state index contributed by atoms with van der Waals surface area (Å²) in [6, 6.07) is 6.33. The summed E-state index contributed by atoms with van der Waals surface area (Å²) < 4.78 is 21.7. The predicted molar refractivity (Wildman–Crippen MR) is 47.4 cm³/mol. The largest absolute Gasteiger partial charge is 0.388 e. The van der Waals surface area contributed by atoms with Crippen molar-refractivity contribution in [2.75, 3.05) is 12.4 Å². The third kappa shape index (κ3) is 1.96. The van der Waals surface area contributed by atoms with E-state index in [4.69, 9.17) is 5.14 Å². The highest BCUT2D eigenvalue weighted by atomic mass is 32.2. The van der Waals surface area contributed by atoms with E-state index in [9.17, 15) is 8.42 Å². The first-order valence-corrected chi connectivity index (χ1v) is 4.89. The molecule has 0 atom stereocenters. The van der Waals surface area contributed by atoms with Crippen molar-refractivity contribution in [2.24, 2.45) is 5.14 Å². The van der Waals surface area contributed by atoms with Gasteiger partial charge < -0.3 is 5.32 Å². The summed E-state index contributed by atoms with van der Waals surface area (Å²) in [5.41, 5.74) is 0.724. The van der Waals surface area contributed by atoms with Crippen LogP contribution >= 0.6 is 0 Å². The van der Waals surface area contributed by atoms with Gasteiger partial charge in [-0.3, -0.25) is 0 Å². The number of rotatable bonds is 2. The molecule has 0 heterocycles. The van der Waals surface area contributed by atoms with Gasteiger partial charge in [0.15, 0.2) is 0 Å². The van der Waals surface area contributed by atoms with Gasteiger partial charge >= 0.3 is 0 Å². The van der Waals surface area contributed by atoms with Crippen LogP contribution in [0.1, 0.15) is 0 Å². The lowest BCUT2D eigenvalue weighted by Gasteiger charge is -2.01. The molecule has 0 unspecified atom stereocenters. The SMILES string of the molecule is CNc1cccc(S(N)(=O)=O)c1.